The molecule has 242 valence electrons. The van der Waals surface area contributed by atoms with Gasteiger partial charge in [-0.15, -0.1) is 0 Å². The number of aromatic nitrogens is 2. The van der Waals surface area contributed by atoms with Gasteiger partial charge >= 0.3 is 12.1 Å². The number of ether oxygens (including phenoxy) is 2. The first-order chi connectivity index (χ1) is 20.6. The fourth-order valence-corrected chi connectivity index (χ4v) is 6.60. The van der Waals surface area contributed by atoms with Crippen LogP contribution in [0.1, 0.15) is 46.0 Å². The molecule has 0 radical (unpaired) electrons. The van der Waals surface area contributed by atoms with Gasteiger partial charge in [0, 0.05) is 18.5 Å². The van der Waals surface area contributed by atoms with Crippen molar-refractivity contribution in [1.29, 1.82) is 0 Å². The van der Waals surface area contributed by atoms with Crippen LogP contribution in [0.5, 0.6) is 11.6 Å². The quantitative estimate of drug-likeness (QED) is 0.214. The van der Waals surface area contributed by atoms with Gasteiger partial charge in [0.2, 0.25) is 11.8 Å². The van der Waals surface area contributed by atoms with Gasteiger partial charge in [-0.05, 0) is 62.9 Å². The molecule has 3 aromatic rings. The molecule has 0 fully saturated rings. The topological polar surface area (TPSA) is 129 Å². The second kappa shape index (κ2) is 14.5. The molecule has 0 saturated carbocycles. The van der Waals surface area contributed by atoms with Crippen LogP contribution in [0.4, 0.5) is 19.1 Å². The molecule has 1 atom stereocenters. The fraction of sp³-hybridized carbons (Fsp3) is 0.433. The predicted octanol–water partition coefficient (Wildman–Crippen LogP) is 6.01. The molecular weight excluding hydrogens is 601 g/mol. The maximum Gasteiger partial charge on any atom is 0.401 e. The summed E-state index contributed by atoms with van der Waals surface area (Å²) in [7, 11) is -0.529. The number of methoxy groups -OCH3 is 1. The number of nitrogen functional groups attached to an aromatic ring is 1. The third-order valence-electron chi connectivity index (χ3n) is 6.66. The molecule has 1 aromatic heterocycles. The van der Waals surface area contributed by atoms with Crippen molar-refractivity contribution in [2.24, 2.45) is 0 Å². The molecule has 3 rings (SSSR count). The molecule has 0 spiro atoms. The zero-order chi connectivity index (χ0) is 32.8. The van der Waals surface area contributed by atoms with Crippen LogP contribution in [0.2, 0.25) is 0 Å². The molecule has 1 unspecified atom stereocenters. The van der Waals surface area contributed by atoms with Crippen LogP contribution in [0.25, 0.3) is 0 Å². The van der Waals surface area contributed by atoms with Gasteiger partial charge in [-0.1, -0.05) is 29.8 Å². The summed E-state index contributed by atoms with van der Waals surface area (Å²) in [5.41, 5.74) is 10.7. The number of hydrogen-bond donors (Lipinski definition) is 2. The van der Waals surface area contributed by atoms with E-state index in [1.165, 1.54) is 14.2 Å². The van der Waals surface area contributed by atoms with E-state index < -0.39 is 36.1 Å². The van der Waals surface area contributed by atoms with Crippen molar-refractivity contribution in [1.82, 2.24) is 14.9 Å². The molecule has 0 saturated heterocycles. The van der Waals surface area contributed by atoms with E-state index in [0.717, 1.165) is 21.6 Å². The number of nitrogens with two attached hydrogens (primary N) is 1. The molecule has 1 heterocycles. The maximum absolute atomic E-state index is 13.2. The van der Waals surface area contributed by atoms with E-state index in [0.29, 0.717) is 33.0 Å². The number of hydrogen-bond acceptors (Lipinski definition) is 10. The average molecular weight is 641 g/mol. The Bertz CT molecular complexity index is 1470. The minimum atomic E-state index is -4.51. The number of rotatable bonds is 13. The Morgan fingerprint density at radius 2 is 1.73 bits per heavy atom. The molecule has 2 aromatic carbocycles. The van der Waals surface area contributed by atoms with Crippen LogP contribution in [0.3, 0.4) is 0 Å². The molecule has 0 aliphatic heterocycles. The van der Waals surface area contributed by atoms with Gasteiger partial charge < -0.3 is 19.4 Å². The van der Waals surface area contributed by atoms with E-state index in [9.17, 15) is 22.5 Å². The van der Waals surface area contributed by atoms with Crippen molar-refractivity contribution < 1.29 is 40.4 Å². The van der Waals surface area contributed by atoms with Gasteiger partial charge in [0.1, 0.15) is 5.75 Å². The lowest BCUT2D eigenvalue weighted by atomic mass is 10.0. The summed E-state index contributed by atoms with van der Waals surface area (Å²) in [5, 5.41) is 0. The summed E-state index contributed by atoms with van der Waals surface area (Å²) in [4.78, 5) is 22.0. The van der Waals surface area contributed by atoms with E-state index in [1.807, 2.05) is 32.9 Å². The summed E-state index contributed by atoms with van der Waals surface area (Å²) in [6.45, 7) is 7.04. The molecule has 14 heteroatoms. The summed E-state index contributed by atoms with van der Waals surface area (Å²) < 4.78 is 73.5. The molecule has 0 aliphatic rings. The number of nitrogens with zero attached hydrogens (tertiary/aromatic N) is 3. The van der Waals surface area contributed by atoms with Crippen LogP contribution >= 0.6 is 10.9 Å². The van der Waals surface area contributed by atoms with Crippen molar-refractivity contribution in [2.75, 3.05) is 39.6 Å². The second-order valence-corrected chi connectivity index (χ2v) is 12.2. The Morgan fingerprint density at radius 1 is 1.07 bits per heavy atom. The largest absolute Gasteiger partial charge is 0.496 e. The molecule has 44 heavy (non-hydrogen) atoms. The Kier molecular flexibility index (Phi) is 11.5. The number of benzene rings is 2. The van der Waals surface area contributed by atoms with E-state index in [4.69, 9.17) is 23.6 Å². The van der Waals surface area contributed by atoms with Crippen LogP contribution in [0, 0.1) is 27.7 Å². The summed E-state index contributed by atoms with van der Waals surface area (Å²) in [5.74, 6) is -0.413. The Balaban J connectivity index is 1.97. The highest BCUT2D eigenvalue weighted by Crippen LogP contribution is 2.56. The predicted molar refractivity (Wildman–Crippen MR) is 162 cm³/mol. The monoisotopic (exact) mass is 640 g/mol. The van der Waals surface area contributed by atoms with E-state index >= 15 is 0 Å². The van der Waals surface area contributed by atoms with Crippen LogP contribution < -0.4 is 14.7 Å². The minimum absolute atomic E-state index is 0.0191. The number of aryl methyl sites for hydroxylation is 4. The second-order valence-electron chi connectivity index (χ2n) is 10.3. The Hall–Kier alpha value is -3.59. The Labute approximate surface area is 257 Å². The van der Waals surface area contributed by atoms with Crippen LogP contribution in [-0.2, 0) is 26.7 Å². The number of anilines is 1. The SMILES string of the molecule is CCOC(=O)CN(Cc1ccc(Cc2c(C)nc(N)nc2OS(O)(OC)c2c(C)cc(C)cc2C)c(OC)c1)CC(F)(F)F. The fourth-order valence-electron chi connectivity index (χ4n) is 5.00. The van der Waals surface area contributed by atoms with Crippen molar-refractivity contribution in [3.05, 3.63) is 69.4 Å². The standard InChI is InChI=1S/C30H39F3N4O6S/c1-8-42-26(38)16-37(17-30(31,32)33)15-22-9-10-23(25(13-22)40-6)14-24-21(5)35-29(34)36-28(24)43-44(39,41-7)27-19(3)11-18(2)12-20(27)4/h9-13,39H,8,14-17H2,1-7H3,(H2,34,35,36). The molecular formula is C30H39F3N4O6S. The van der Waals surface area contributed by atoms with Crippen molar-refractivity contribution in [3.8, 4) is 11.6 Å². The zero-order valence-electron chi connectivity index (χ0n) is 25.9. The molecule has 10 nitrogen and oxygen atoms in total. The zero-order valence-corrected chi connectivity index (χ0v) is 26.7. The van der Waals surface area contributed by atoms with Gasteiger partial charge in [0.05, 0.1) is 44.5 Å². The lowest BCUT2D eigenvalue weighted by molar-refractivity contribution is -0.157. The van der Waals surface area contributed by atoms with Crippen LogP contribution in [-0.4, -0.2) is 65.5 Å². The number of esters is 1. The van der Waals surface area contributed by atoms with Crippen molar-refractivity contribution >= 4 is 22.8 Å². The van der Waals surface area contributed by atoms with Gasteiger partial charge in [-0.25, -0.2) is 4.98 Å². The summed E-state index contributed by atoms with van der Waals surface area (Å²) in [6, 6.07) is 8.79. The molecule has 0 bridgehead atoms. The van der Waals surface area contributed by atoms with E-state index in [-0.39, 0.29) is 31.4 Å². The van der Waals surface area contributed by atoms with Gasteiger partial charge in [-0.3, -0.25) is 18.4 Å². The van der Waals surface area contributed by atoms with E-state index in [1.54, 1.807) is 32.0 Å². The molecule has 0 aliphatic carbocycles. The minimum Gasteiger partial charge on any atom is -0.496 e. The molecule has 3 N–H and O–H groups in total. The number of halogens is 3. The van der Waals surface area contributed by atoms with Crippen molar-refractivity contribution in [2.45, 2.75) is 58.7 Å². The van der Waals surface area contributed by atoms with Crippen LogP contribution in [0.15, 0.2) is 35.2 Å². The smallest absolute Gasteiger partial charge is 0.401 e. The lowest BCUT2D eigenvalue weighted by Crippen LogP contribution is -2.38. The first-order valence-electron chi connectivity index (χ1n) is 13.7. The Morgan fingerprint density at radius 3 is 2.30 bits per heavy atom. The maximum atomic E-state index is 13.2. The first-order valence-corrected chi connectivity index (χ1v) is 15.1. The normalized spacial score (nSPS) is 13.8. The van der Waals surface area contributed by atoms with Gasteiger partial charge in [-0.2, -0.15) is 18.2 Å². The third kappa shape index (κ3) is 8.97. The van der Waals surface area contributed by atoms with Gasteiger partial charge in [0.25, 0.3) is 0 Å². The number of carbonyl (C=O) groups is 1. The lowest BCUT2D eigenvalue weighted by Gasteiger charge is -2.34. The summed E-state index contributed by atoms with van der Waals surface area (Å²) >= 11 is 0. The summed E-state index contributed by atoms with van der Waals surface area (Å²) in [6.07, 6.45) is -4.34. The highest BCUT2D eigenvalue weighted by Gasteiger charge is 2.34. The molecule has 0 amide bonds. The first kappa shape index (κ1) is 34.9. The third-order valence-corrected chi connectivity index (χ3v) is 8.65. The highest BCUT2D eigenvalue weighted by molar-refractivity contribution is 8.21. The number of alkyl halides is 3. The van der Waals surface area contributed by atoms with E-state index in [2.05, 4.69) is 9.97 Å². The van der Waals surface area contributed by atoms with Gasteiger partial charge in [0.15, 0.2) is 10.9 Å². The number of carbonyl (C=O) groups excluding carboxylic acids is 1. The highest BCUT2D eigenvalue weighted by atomic mass is 32.3. The van der Waals surface area contributed by atoms with Crippen molar-refractivity contribution in [3.63, 3.8) is 0 Å². The average Bonchev–Trinajstić information content (AvgIpc) is 2.89.